The van der Waals surface area contributed by atoms with E-state index in [9.17, 15) is 0 Å². The van der Waals surface area contributed by atoms with Crippen LogP contribution >= 0.6 is 0 Å². The molecule has 0 aromatic carbocycles. The highest BCUT2D eigenvalue weighted by atomic mass is 16.5. The number of nitrogens with zero attached hydrogens (tertiary/aromatic N) is 1. The van der Waals surface area contributed by atoms with Gasteiger partial charge in [-0.05, 0) is 38.6 Å². The molecule has 0 saturated heterocycles. The van der Waals surface area contributed by atoms with Gasteiger partial charge in [0.2, 0.25) is 0 Å². The van der Waals surface area contributed by atoms with Crippen molar-refractivity contribution in [3.05, 3.63) is 0 Å². The molecule has 1 aliphatic rings. The second-order valence-corrected chi connectivity index (χ2v) is 5.78. The van der Waals surface area contributed by atoms with Crippen LogP contribution in [0.4, 0.5) is 0 Å². The summed E-state index contributed by atoms with van der Waals surface area (Å²) >= 11 is 0. The number of likely N-dealkylation sites (N-methyl/N-ethyl adjacent to an activating group) is 1. The molecule has 1 fully saturated rings. The van der Waals surface area contributed by atoms with Crippen molar-refractivity contribution in [3.8, 4) is 0 Å². The van der Waals surface area contributed by atoms with E-state index in [1.54, 1.807) is 0 Å². The van der Waals surface area contributed by atoms with E-state index < -0.39 is 0 Å². The van der Waals surface area contributed by atoms with Gasteiger partial charge in [0.05, 0.1) is 6.10 Å². The van der Waals surface area contributed by atoms with Crippen molar-refractivity contribution in [2.24, 2.45) is 11.7 Å². The van der Waals surface area contributed by atoms with Gasteiger partial charge < -0.3 is 10.5 Å². The van der Waals surface area contributed by atoms with E-state index in [0.29, 0.717) is 6.10 Å². The van der Waals surface area contributed by atoms with Crippen LogP contribution in [0, 0.1) is 5.92 Å². The molecule has 102 valence electrons. The first-order valence-electron chi connectivity index (χ1n) is 7.02. The van der Waals surface area contributed by atoms with Gasteiger partial charge >= 0.3 is 0 Å². The van der Waals surface area contributed by atoms with E-state index in [0.717, 1.165) is 25.4 Å². The Labute approximate surface area is 107 Å². The number of nitrogens with two attached hydrogens (primary N) is 1. The smallest absolute Gasteiger partial charge is 0.0589 e. The summed E-state index contributed by atoms with van der Waals surface area (Å²) in [5, 5.41) is 0. The summed E-state index contributed by atoms with van der Waals surface area (Å²) in [5.74, 6) is 0.742. The van der Waals surface area contributed by atoms with Crippen LogP contribution in [0.25, 0.3) is 0 Å². The van der Waals surface area contributed by atoms with Crippen LogP contribution in [0.3, 0.4) is 0 Å². The SMILES string of the molecule is CCC(C)CN(C)C1(CN)CCCC(OC)C1. The molecule has 0 spiro atoms. The summed E-state index contributed by atoms with van der Waals surface area (Å²) in [4.78, 5) is 2.49. The predicted octanol–water partition coefficient (Wildman–Crippen LogP) is 2.25. The van der Waals surface area contributed by atoms with E-state index in [1.807, 2.05) is 7.11 Å². The molecule has 1 rings (SSSR count). The van der Waals surface area contributed by atoms with Crippen molar-refractivity contribution < 1.29 is 4.74 Å². The number of hydrogen-bond donors (Lipinski definition) is 1. The summed E-state index contributed by atoms with van der Waals surface area (Å²) < 4.78 is 5.55. The fourth-order valence-corrected chi connectivity index (χ4v) is 2.97. The summed E-state index contributed by atoms with van der Waals surface area (Å²) in [6.07, 6.45) is 6.37. The molecule has 3 nitrogen and oxygen atoms in total. The molecule has 1 saturated carbocycles. The molecule has 17 heavy (non-hydrogen) atoms. The Hall–Kier alpha value is -0.120. The molecule has 0 radical (unpaired) electrons. The number of methoxy groups -OCH3 is 1. The maximum absolute atomic E-state index is 6.08. The first-order chi connectivity index (χ1) is 8.07. The van der Waals surface area contributed by atoms with E-state index in [-0.39, 0.29) is 5.54 Å². The molecule has 0 aliphatic heterocycles. The minimum Gasteiger partial charge on any atom is -0.381 e. The molecule has 3 unspecified atom stereocenters. The van der Waals surface area contributed by atoms with Crippen molar-refractivity contribution in [1.29, 1.82) is 0 Å². The van der Waals surface area contributed by atoms with Crippen LogP contribution in [-0.2, 0) is 4.74 Å². The summed E-state index contributed by atoms with van der Waals surface area (Å²) in [7, 11) is 4.06. The first-order valence-corrected chi connectivity index (χ1v) is 7.02. The van der Waals surface area contributed by atoms with Gasteiger partial charge in [-0.3, -0.25) is 4.90 Å². The van der Waals surface area contributed by atoms with Gasteiger partial charge in [0.1, 0.15) is 0 Å². The Bertz CT molecular complexity index is 222. The Morgan fingerprint density at radius 2 is 2.24 bits per heavy atom. The minimum absolute atomic E-state index is 0.169. The lowest BCUT2D eigenvalue weighted by Gasteiger charge is -2.47. The average Bonchev–Trinajstić information content (AvgIpc) is 2.38. The van der Waals surface area contributed by atoms with Gasteiger partial charge in [-0.25, -0.2) is 0 Å². The first kappa shape index (κ1) is 14.9. The molecule has 0 aromatic rings. The quantitative estimate of drug-likeness (QED) is 0.776. The van der Waals surface area contributed by atoms with E-state index >= 15 is 0 Å². The van der Waals surface area contributed by atoms with Crippen molar-refractivity contribution in [2.75, 3.05) is 27.2 Å². The Balaban J connectivity index is 2.65. The summed E-state index contributed by atoms with van der Waals surface area (Å²) in [6, 6.07) is 0. The largest absolute Gasteiger partial charge is 0.381 e. The molecule has 0 amide bonds. The van der Waals surface area contributed by atoms with Gasteiger partial charge in [-0.15, -0.1) is 0 Å². The van der Waals surface area contributed by atoms with E-state index in [4.69, 9.17) is 10.5 Å². The molecule has 3 atom stereocenters. The molecule has 0 aromatic heterocycles. The zero-order chi connectivity index (χ0) is 12.9. The Morgan fingerprint density at radius 3 is 2.76 bits per heavy atom. The van der Waals surface area contributed by atoms with E-state index in [1.165, 1.54) is 25.7 Å². The molecule has 0 heterocycles. The van der Waals surface area contributed by atoms with Gasteiger partial charge in [0.25, 0.3) is 0 Å². The third-order valence-electron chi connectivity index (χ3n) is 4.58. The van der Waals surface area contributed by atoms with Crippen LogP contribution in [0.15, 0.2) is 0 Å². The van der Waals surface area contributed by atoms with E-state index in [2.05, 4.69) is 25.8 Å². The molecule has 1 aliphatic carbocycles. The monoisotopic (exact) mass is 242 g/mol. The van der Waals surface area contributed by atoms with Crippen LogP contribution in [-0.4, -0.2) is 43.8 Å². The molecule has 3 heteroatoms. The summed E-state index contributed by atoms with van der Waals surface area (Å²) in [6.45, 7) is 6.47. The average molecular weight is 242 g/mol. The van der Waals surface area contributed by atoms with Crippen LogP contribution < -0.4 is 5.73 Å². The minimum atomic E-state index is 0.169. The van der Waals surface area contributed by atoms with Gasteiger partial charge in [-0.2, -0.15) is 0 Å². The fraction of sp³-hybridized carbons (Fsp3) is 1.00. The molecule has 0 bridgehead atoms. The number of hydrogen-bond acceptors (Lipinski definition) is 3. The number of rotatable bonds is 6. The highest BCUT2D eigenvalue weighted by Crippen LogP contribution is 2.34. The predicted molar refractivity (Wildman–Crippen MR) is 73.1 cm³/mol. The lowest BCUT2D eigenvalue weighted by atomic mass is 9.78. The second-order valence-electron chi connectivity index (χ2n) is 5.78. The maximum atomic E-state index is 6.08. The zero-order valence-electron chi connectivity index (χ0n) is 12.0. The highest BCUT2D eigenvalue weighted by molar-refractivity contribution is 4.96. The van der Waals surface area contributed by atoms with Crippen molar-refractivity contribution in [1.82, 2.24) is 4.90 Å². The van der Waals surface area contributed by atoms with Crippen molar-refractivity contribution in [2.45, 2.75) is 57.6 Å². The zero-order valence-corrected chi connectivity index (χ0v) is 12.0. The number of ether oxygens (including phenoxy) is 1. The highest BCUT2D eigenvalue weighted by Gasteiger charge is 2.38. The third kappa shape index (κ3) is 3.67. The third-order valence-corrected chi connectivity index (χ3v) is 4.58. The lowest BCUT2D eigenvalue weighted by molar-refractivity contribution is -0.0162. The Morgan fingerprint density at radius 1 is 1.53 bits per heavy atom. The van der Waals surface area contributed by atoms with Gasteiger partial charge in [-0.1, -0.05) is 20.3 Å². The van der Waals surface area contributed by atoms with Crippen molar-refractivity contribution >= 4 is 0 Å². The Kier molecular flexibility index (Phi) is 5.90. The van der Waals surface area contributed by atoms with Crippen molar-refractivity contribution in [3.63, 3.8) is 0 Å². The normalized spacial score (nSPS) is 31.8. The van der Waals surface area contributed by atoms with Crippen LogP contribution in [0.5, 0.6) is 0 Å². The van der Waals surface area contributed by atoms with Crippen LogP contribution in [0.2, 0.25) is 0 Å². The van der Waals surface area contributed by atoms with Crippen LogP contribution in [0.1, 0.15) is 46.0 Å². The van der Waals surface area contributed by atoms with Gasteiger partial charge in [0.15, 0.2) is 0 Å². The maximum Gasteiger partial charge on any atom is 0.0589 e. The standard InChI is InChI=1S/C14H30N2O/c1-5-12(2)10-16(3)14(11-15)8-6-7-13(9-14)17-4/h12-13H,5-11,15H2,1-4H3. The topological polar surface area (TPSA) is 38.5 Å². The molecular formula is C14H30N2O. The molecular weight excluding hydrogens is 212 g/mol. The second kappa shape index (κ2) is 6.72. The van der Waals surface area contributed by atoms with Gasteiger partial charge in [0, 0.05) is 25.7 Å². The summed E-state index contributed by atoms with van der Waals surface area (Å²) in [5.41, 5.74) is 6.25. The lowest BCUT2D eigenvalue weighted by Crippen LogP contribution is -2.56. The fourth-order valence-electron chi connectivity index (χ4n) is 2.97. The molecule has 2 N–H and O–H groups in total.